The van der Waals surface area contributed by atoms with Crippen LogP contribution in [0.2, 0.25) is 0 Å². The highest BCUT2D eigenvalue weighted by atomic mass is 79.9. The largest absolute Gasteiger partial charge is 0.392 e. The second-order valence-corrected chi connectivity index (χ2v) is 6.65. The number of halogens is 4. The van der Waals surface area contributed by atoms with Gasteiger partial charge in [-0.25, -0.2) is 0 Å². The van der Waals surface area contributed by atoms with Gasteiger partial charge in [-0.05, 0) is 31.6 Å². The van der Waals surface area contributed by atoms with Crippen LogP contribution < -0.4 is 5.32 Å². The minimum Gasteiger partial charge on any atom is -0.353 e. The zero-order valence-electron chi connectivity index (χ0n) is 11.4. The smallest absolute Gasteiger partial charge is 0.353 e. The molecule has 0 saturated heterocycles. The molecule has 4 atom stereocenters. The molecular formula is C14H21BrF3NO. The van der Waals surface area contributed by atoms with Crippen LogP contribution in [0.4, 0.5) is 13.2 Å². The molecule has 2 rings (SSSR count). The molecule has 0 aromatic heterocycles. The summed E-state index contributed by atoms with van der Waals surface area (Å²) >= 11 is 3.41. The first-order chi connectivity index (χ1) is 9.43. The Morgan fingerprint density at radius 1 is 1.10 bits per heavy atom. The van der Waals surface area contributed by atoms with E-state index in [2.05, 4.69) is 21.2 Å². The molecule has 2 saturated carbocycles. The number of amides is 1. The van der Waals surface area contributed by atoms with Crippen molar-refractivity contribution in [3.8, 4) is 0 Å². The van der Waals surface area contributed by atoms with E-state index in [0.717, 1.165) is 31.0 Å². The first-order valence-corrected chi connectivity index (χ1v) is 8.48. The van der Waals surface area contributed by atoms with Crippen molar-refractivity contribution in [2.75, 3.05) is 5.33 Å². The Balaban J connectivity index is 1.99. The van der Waals surface area contributed by atoms with Gasteiger partial charge in [0.25, 0.3) is 0 Å². The number of hydrogen-bond donors (Lipinski definition) is 1. The van der Waals surface area contributed by atoms with Crippen molar-refractivity contribution in [1.29, 1.82) is 0 Å². The third-order valence-electron chi connectivity index (χ3n) is 4.71. The summed E-state index contributed by atoms with van der Waals surface area (Å²) in [5.74, 6) is -2.38. The summed E-state index contributed by atoms with van der Waals surface area (Å²) in [5, 5.41) is 3.68. The lowest BCUT2D eigenvalue weighted by Gasteiger charge is -2.33. The molecule has 2 aliphatic carbocycles. The fourth-order valence-electron chi connectivity index (χ4n) is 3.54. The average molecular weight is 356 g/mol. The topological polar surface area (TPSA) is 29.1 Å². The standard InChI is InChI=1S/C14H21BrF3NO/c15-8-9-4-3-7-12(9)19-13(20)10-5-1-2-6-11(10)14(16,17)18/h9-12H,1-8H2,(H,19,20). The second-order valence-electron chi connectivity index (χ2n) is 6.00. The molecule has 2 fully saturated rings. The lowest BCUT2D eigenvalue weighted by molar-refractivity contribution is -0.198. The van der Waals surface area contributed by atoms with Crippen LogP contribution in [0.25, 0.3) is 0 Å². The van der Waals surface area contributed by atoms with Gasteiger partial charge >= 0.3 is 6.18 Å². The predicted octanol–water partition coefficient (Wildman–Crippen LogP) is 4.03. The normalized spacial score (nSPS) is 35.0. The van der Waals surface area contributed by atoms with Crippen molar-refractivity contribution >= 4 is 21.8 Å². The number of carbonyl (C=O) groups is 1. The van der Waals surface area contributed by atoms with Crippen molar-refractivity contribution in [2.45, 2.75) is 57.2 Å². The summed E-state index contributed by atoms with van der Waals surface area (Å²) in [6.07, 6.45) is 0.435. The molecule has 20 heavy (non-hydrogen) atoms. The summed E-state index contributed by atoms with van der Waals surface area (Å²) in [6.45, 7) is 0. The monoisotopic (exact) mass is 355 g/mol. The highest BCUT2D eigenvalue weighted by Gasteiger charge is 2.48. The zero-order valence-corrected chi connectivity index (χ0v) is 13.0. The number of alkyl halides is 4. The Bertz CT molecular complexity index is 348. The minimum absolute atomic E-state index is 0.0395. The Morgan fingerprint density at radius 3 is 2.45 bits per heavy atom. The van der Waals surface area contributed by atoms with Crippen molar-refractivity contribution in [3.05, 3.63) is 0 Å². The van der Waals surface area contributed by atoms with Gasteiger partial charge in [-0.3, -0.25) is 4.79 Å². The van der Waals surface area contributed by atoms with E-state index in [1.807, 2.05) is 0 Å². The van der Waals surface area contributed by atoms with Crippen LogP contribution in [0.15, 0.2) is 0 Å². The third kappa shape index (κ3) is 3.68. The number of carbonyl (C=O) groups excluding carboxylic acids is 1. The van der Waals surface area contributed by atoms with E-state index in [1.165, 1.54) is 0 Å². The van der Waals surface area contributed by atoms with Gasteiger partial charge in [0.2, 0.25) is 5.91 Å². The van der Waals surface area contributed by atoms with Gasteiger partial charge in [0.05, 0.1) is 5.92 Å². The van der Waals surface area contributed by atoms with Crippen molar-refractivity contribution in [2.24, 2.45) is 17.8 Å². The van der Waals surface area contributed by atoms with Crippen molar-refractivity contribution in [1.82, 2.24) is 5.32 Å². The molecule has 2 aliphatic rings. The molecule has 6 heteroatoms. The average Bonchev–Trinajstić information content (AvgIpc) is 2.85. The van der Waals surface area contributed by atoms with E-state index < -0.39 is 18.0 Å². The summed E-state index contributed by atoms with van der Waals surface area (Å²) in [6, 6.07) is 0.0395. The van der Waals surface area contributed by atoms with Crippen LogP contribution >= 0.6 is 15.9 Å². The van der Waals surface area contributed by atoms with Crippen molar-refractivity contribution in [3.63, 3.8) is 0 Å². The Labute approximate surface area is 126 Å². The molecule has 2 nitrogen and oxygen atoms in total. The summed E-state index contributed by atoms with van der Waals surface area (Å²) in [4.78, 5) is 12.2. The molecule has 4 unspecified atom stereocenters. The van der Waals surface area contributed by atoms with E-state index in [0.29, 0.717) is 18.8 Å². The quantitative estimate of drug-likeness (QED) is 0.760. The molecule has 116 valence electrons. The number of hydrogen-bond acceptors (Lipinski definition) is 1. The molecule has 0 bridgehead atoms. The fourth-order valence-corrected chi connectivity index (χ4v) is 4.31. The van der Waals surface area contributed by atoms with Gasteiger partial charge < -0.3 is 5.32 Å². The van der Waals surface area contributed by atoms with Gasteiger partial charge in [0, 0.05) is 17.3 Å². The van der Waals surface area contributed by atoms with Crippen LogP contribution in [-0.2, 0) is 4.79 Å². The van der Waals surface area contributed by atoms with Crippen LogP contribution in [-0.4, -0.2) is 23.5 Å². The molecule has 1 amide bonds. The molecule has 0 heterocycles. The van der Waals surface area contributed by atoms with Crippen molar-refractivity contribution < 1.29 is 18.0 Å². The van der Waals surface area contributed by atoms with Gasteiger partial charge in [0.15, 0.2) is 0 Å². The van der Waals surface area contributed by atoms with Gasteiger partial charge in [0.1, 0.15) is 0 Å². The van der Waals surface area contributed by atoms with Gasteiger partial charge in [-0.15, -0.1) is 0 Å². The zero-order chi connectivity index (χ0) is 14.8. The van der Waals surface area contributed by atoms with E-state index in [-0.39, 0.29) is 18.4 Å². The highest BCUT2D eigenvalue weighted by molar-refractivity contribution is 9.09. The third-order valence-corrected chi connectivity index (χ3v) is 5.54. The maximum atomic E-state index is 13.0. The Kier molecular flexibility index (Phi) is 5.37. The molecule has 0 aliphatic heterocycles. The maximum Gasteiger partial charge on any atom is 0.392 e. The number of rotatable bonds is 3. The number of nitrogens with one attached hydrogen (secondary N) is 1. The first-order valence-electron chi connectivity index (χ1n) is 7.36. The summed E-state index contributed by atoms with van der Waals surface area (Å²) < 4.78 is 39.1. The van der Waals surface area contributed by atoms with E-state index >= 15 is 0 Å². The Hall–Kier alpha value is -0.260. The minimum atomic E-state index is -4.26. The van der Waals surface area contributed by atoms with Gasteiger partial charge in [-0.1, -0.05) is 35.2 Å². The highest BCUT2D eigenvalue weighted by Crippen LogP contribution is 2.41. The maximum absolute atomic E-state index is 13.0. The molecule has 0 aromatic carbocycles. The van der Waals surface area contributed by atoms with Crippen LogP contribution in [0.3, 0.4) is 0 Å². The summed E-state index contributed by atoms with van der Waals surface area (Å²) in [5.41, 5.74) is 0. The van der Waals surface area contributed by atoms with E-state index in [1.54, 1.807) is 0 Å². The second kappa shape index (κ2) is 6.67. The molecule has 0 spiro atoms. The van der Waals surface area contributed by atoms with Crippen LogP contribution in [0.5, 0.6) is 0 Å². The molecule has 1 N–H and O–H groups in total. The molecule has 0 aromatic rings. The van der Waals surface area contributed by atoms with Crippen LogP contribution in [0.1, 0.15) is 44.9 Å². The first kappa shape index (κ1) is 16.1. The lowest BCUT2D eigenvalue weighted by atomic mass is 9.78. The van der Waals surface area contributed by atoms with Crippen LogP contribution in [0, 0.1) is 17.8 Å². The SMILES string of the molecule is O=C(NC1CCCC1CBr)C1CCCCC1C(F)(F)F. The fraction of sp³-hybridized carbons (Fsp3) is 0.929. The lowest BCUT2D eigenvalue weighted by Crippen LogP contribution is -2.47. The Morgan fingerprint density at radius 2 is 1.80 bits per heavy atom. The molecular weight excluding hydrogens is 335 g/mol. The molecule has 0 radical (unpaired) electrons. The van der Waals surface area contributed by atoms with Gasteiger partial charge in [-0.2, -0.15) is 13.2 Å². The summed E-state index contributed by atoms with van der Waals surface area (Å²) in [7, 11) is 0. The van der Waals surface area contributed by atoms with E-state index in [9.17, 15) is 18.0 Å². The predicted molar refractivity (Wildman–Crippen MR) is 74.6 cm³/mol. The van der Waals surface area contributed by atoms with E-state index in [4.69, 9.17) is 0 Å².